The van der Waals surface area contributed by atoms with E-state index in [1.165, 1.54) is 12.8 Å². The smallest absolute Gasteiger partial charge is 0.240 e. The van der Waals surface area contributed by atoms with Crippen LogP contribution in [0.2, 0.25) is 0 Å². The first-order chi connectivity index (χ1) is 9.79. The molecule has 0 amide bonds. The van der Waals surface area contributed by atoms with Crippen molar-refractivity contribution in [3.63, 3.8) is 0 Å². The van der Waals surface area contributed by atoms with E-state index in [0.29, 0.717) is 24.2 Å². The van der Waals surface area contributed by atoms with Gasteiger partial charge in [-0.3, -0.25) is 4.90 Å². The molecule has 1 aliphatic carbocycles. The van der Waals surface area contributed by atoms with Crippen LogP contribution >= 0.6 is 0 Å². The predicted octanol–water partition coefficient (Wildman–Crippen LogP) is 1.98. The van der Waals surface area contributed by atoms with Gasteiger partial charge in [0.25, 0.3) is 0 Å². The van der Waals surface area contributed by atoms with Crippen molar-refractivity contribution in [3.8, 4) is 0 Å². The van der Waals surface area contributed by atoms with Crippen LogP contribution in [0.3, 0.4) is 0 Å². The molecule has 0 spiro atoms. The van der Waals surface area contributed by atoms with Gasteiger partial charge in [-0.25, -0.2) is 0 Å². The average Bonchev–Trinajstić information content (AvgIpc) is 2.87. The fraction of sp³-hybridized carbons (Fsp3) is 0.692. The Hall–Kier alpha value is -1.76. The van der Waals surface area contributed by atoms with Gasteiger partial charge in [-0.2, -0.15) is 9.97 Å². The molecule has 2 fully saturated rings. The van der Waals surface area contributed by atoms with Gasteiger partial charge in [-0.05, 0) is 39.2 Å². The molecular weight excluding hydrogens is 258 g/mol. The second kappa shape index (κ2) is 4.66. The van der Waals surface area contributed by atoms with Crippen molar-refractivity contribution < 1.29 is 9.05 Å². The Kier molecular flexibility index (Phi) is 2.80. The van der Waals surface area contributed by atoms with Gasteiger partial charge in [0.05, 0.1) is 12.6 Å². The van der Waals surface area contributed by atoms with E-state index in [0.717, 1.165) is 31.1 Å². The molecule has 0 aromatic carbocycles. The van der Waals surface area contributed by atoms with E-state index >= 15 is 0 Å². The summed E-state index contributed by atoms with van der Waals surface area (Å²) in [6.45, 7) is 3.48. The highest BCUT2D eigenvalue weighted by Crippen LogP contribution is 2.40. The third kappa shape index (κ3) is 2.22. The number of likely N-dealkylation sites (tertiary alicyclic amines) is 1. The lowest BCUT2D eigenvalue weighted by molar-refractivity contribution is 0.202. The van der Waals surface area contributed by atoms with Gasteiger partial charge in [0.1, 0.15) is 0 Å². The average molecular weight is 275 g/mol. The monoisotopic (exact) mass is 275 g/mol. The minimum absolute atomic E-state index is 0.207. The summed E-state index contributed by atoms with van der Waals surface area (Å²) in [6, 6.07) is 0.207. The van der Waals surface area contributed by atoms with Crippen molar-refractivity contribution in [2.45, 2.75) is 51.1 Å². The molecule has 1 atom stereocenters. The third-order valence-corrected chi connectivity index (χ3v) is 3.95. The maximum atomic E-state index is 5.36. The van der Waals surface area contributed by atoms with Crippen molar-refractivity contribution in [3.05, 3.63) is 23.4 Å². The zero-order valence-corrected chi connectivity index (χ0v) is 11.4. The molecule has 7 nitrogen and oxygen atoms in total. The van der Waals surface area contributed by atoms with Crippen LogP contribution in [0.5, 0.6) is 0 Å². The lowest BCUT2D eigenvalue weighted by Gasteiger charge is -2.19. The Bertz CT molecular complexity index is 603. The number of aromatic nitrogens is 4. The third-order valence-electron chi connectivity index (χ3n) is 3.95. The van der Waals surface area contributed by atoms with E-state index in [2.05, 4.69) is 25.2 Å². The fourth-order valence-corrected chi connectivity index (χ4v) is 2.76. The summed E-state index contributed by atoms with van der Waals surface area (Å²) in [5.74, 6) is 3.44. The number of aryl methyl sites for hydroxylation is 1. The molecule has 1 saturated heterocycles. The van der Waals surface area contributed by atoms with Crippen LogP contribution in [-0.4, -0.2) is 31.7 Å². The van der Waals surface area contributed by atoms with Crippen LogP contribution in [0.1, 0.15) is 61.1 Å². The summed E-state index contributed by atoms with van der Waals surface area (Å²) in [7, 11) is 0. The Morgan fingerprint density at radius 2 is 2.05 bits per heavy atom. The highest BCUT2D eigenvalue weighted by Gasteiger charge is 2.34. The summed E-state index contributed by atoms with van der Waals surface area (Å²) in [5.41, 5.74) is 0. The molecule has 1 saturated carbocycles. The fourth-order valence-electron chi connectivity index (χ4n) is 2.76. The topological polar surface area (TPSA) is 81.1 Å². The molecular formula is C13H17N5O2. The highest BCUT2D eigenvalue weighted by atomic mass is 16.5. The molecule has 0 unspecified atom stereocenters. The van der Waals surface area contributed by atoms with Crippen molar-refractivity contribution in [1.82, 2.24) is 25.2 Å². The quantitative estimate of drug-likeness (QED) is 0.843. The highest BCUT2D eigenvalue weighted by molar-refractivity contribution is 5.05. The predicted molar refractivity (Wildman–Crippen MR) is 67.7 cm³/mol. The van der Waals surface area contributed by atoms with Crippen LogP contribution in [0.4, 0.5) is 0 Å². The van der Waals surface area contributed by atoms with Crippen LogP contribution in [0, 0.1) is 6.92 Å². The van der Waals surface area contributed by atoms with Crippen LogP contribution in [0.15, 0.2) is 9.05 Å². The zero-order valence-electron chi connectivity index (χ0n) is 11.4. The van der Waals surface area contributed by atoms with E-state index in [1.807, 2.05) is 6.92 Å². The summed E-state index contributed by atoms with van der Waals surface area (Å²) in [6.07, 6.45) is 4.54. The minimum atomic E-state index is 0.207. The number of nitrogens with zero attached hydrogens (tertiary/aromatic N) is 5. The first-order valence-corrected chi connectivity index (χ1v) is 7.16. The molecule has 0 bridgehead atoms. The number of hydrogen-bond acceptors (Lipinski definition) is 7. The molecule has 2 aliphatic rings. The second-order valence-corrected chi connectivity index (χ2v) is 5.63. The molecule has 7 heteroatoms. The maximum Gasteiger partial charge on any atom is 0.240 e. The van der Waals surface area contributed by atoms with Gasteiger partial charge in [0.15, 0.2) is 11.6 Å². The Balaban J connectivity index is 1.50. The SMILES string of the molecule is Cc1noc(CN2CCC[C@@H]2c2noc(C3CC3)n2)n1. The Labute approximate surface area is 116 Å². The van der Waals surface area contributed by atoms with Crippen molar-refractivity contribution in [2.75, 3.05) is 6.54 Å². The largest absolute Gasteiger partial charge is 0.339 e. The summed E-state index contributed by atoms with van der Waals surface area (Å²) < 4.78 is 10.6. The van der Waals surface area contributed by atoms with Crippen LogP contribution in [0.25, 0.3) is 0 Å². The van der Waals surface area contributed by atoms with E-state index in [-0.39, 0.29) is 6.04 Å². The van der Waals surface area contributed by atoms with Crippen LogP contribution in [-0.2, 0) is 6.54 Å². The minimum Gasteiger partial charge on any atom is -0.339 e. The molecule has 3 heterocycles. The zero-order chi connectivity index (χ0) is 13.5. The Morgan fingerprint density at radius 3 is 2.80 bits per heavy atom. The van der Waals surface area contributed by atoms with Crippen molar-refractivity contribution >= 4 is 0 Å². The van der Waals surface area contributed by atoms with Gasteiger partial charge in [-0.15, -0.1) is 0 Å². The standard InChI is InChI=1S/C13H17N5O2/c1-8-14-11(19-16-8)7-18-6-2-3-10(18)12-15-13(20-17-12)9-4-5-9/h9-10H,2-7H2,1H3/t10-/m1/s1. The lowest BCUT2D eigenvalue weighted by Crippen LogP contribution is -2.23. The molecule has 2 aromatic heterocycles. The van der Waals surface area contributed by atoms with Crippen LogP contribution < -0.4 is 0 Å². The van der Waals surface area contributed by atoms with Gasteiger partial charge in [0.2, 0.25) is 11.8 Å². The first-order valence-electron chi connectivity index (χ1n) is 7.16. The maximum absolute atomic E-state index is 5.36. The summed E-state index contributed by atoms with van der Waals surface area (Å²) in [4.78, 5) is 11.1. The van der Waals surface area contributed by atoms with E-state index in [9.17, 15) is 0 Å². The first kappa shape index (κ1) is 12.0. The van der Waals surface area contributed by atoms with Gasteiger partial charge in [0, 0.05) is 5.92 Å². The van der Waals surface area contributed by atoms with Gasteiger partial charge < -0.3 is 9.05 Å². The van der Waals surface area contributed by atoms with Gasteiger partial charge >= 0.3 is 0 Å². The Morgan fingerprint density at radius 1 is 1.15 bits per heavy atom. The molecule has 0 radical (unpaired) electrons. The van der Waals surface area contributed by atoms with E-state index in [1.54, 1.807) is 0 Å². The molecule has 2 aromatic rings. The second-order valence-electron chi connectivity index (χ2n) is 5.63. The summed E-state index contributed by atoms with van der Waals surface area (Å²) >= 11 is 0. The van der Waals surface area contributed by atoms with E-state index < -0.39 is 0 Å². The van der Waals surface area contributed by atoms with Crippen molar-refractivity contribution in [2.24, 2.45) is 0 Å². The molecule has 20 heavy (non-hydrogen) atoms. The number of rotatable bonds is 4. The molecule has 1 aliphatic heterocycles. The molecule has 0 N–H and O–H groups in total. The lowest BCUT2D eigenvalue weighted by atomic mass is 10.2. The normalized spacial score (nSPS) is 23.6. The number of hydrogen-bond donors (Lipinski definition) is 0. The van der Waals surface area contributed by atoms with Crippen molar-refractivity contribution in [1.29, 1.82) is 0 Å². The molecule has 4 rings (SSSR count). The van der Waals surface area contributed by atoms with Gasteiger partial charge in [-0.1, -0.05) is 10.3 Å². The molecule has 106 valence electrons. The van der Waals surface area contributed by atoms with E-state index in [4.69, 9.17) is 9.05 Å². The summed E-state index contributed by atoms with van der Waals surface area (Å²) in [5, 5.41) is 7.99.